The Kier molecular flexibility index (Phi) is 4.29. The molecule has 1 fully saturated rings. The van der Waals surface area contributed by atoms with Crippen molar-refractivity contribution in [1.29, 1.82) is 0 Å². The van der Waals surface area contributed by atoms with Gasteiger partial charge in [0.2, 0.25) is 10.0 Å². The summed E-state index contributed by atoms with van der Waals surface area (Å²) in [5.74, 6) is 1.11. The zero-order valence-corrected chi connectivity index (χ0v) is 13.0. The van der Waals surface area contributed by atoms with Crippen LogP contribution in [0, 0.1) is 0 Å². The minimum atomic E-state index is -3.44. The molecule has 0 bridgehead atoms. The van der Waals surface area contributed by atoms with Crippen LogP contribution in [0.5, 0.6) is 0 Å². The molecular formula is C12H21N3O2S2. The van der Waals surface area contributed by atoms with Crippen LogP contribution in [0.1, 0.15) is 25.5 Å². The number of hydrogen-bond acceptors (Lipinski definition) is 4. The van der Waals surface area contributed by atoms with E-state index in [9.17, 15) is 8.42 Å². The molecule has 1 aromatic heterocycles. The molecule has 2 rings (SSSR count). The van der Waals surface area contributed by atoms with Crippen LogP contribution in [0.3, 0.4) is 0 Å². The number of nitrogens with one attached hydrogen (secondary N) is 1. The highest BCUT2D eigenvalue weighted by atomic mass is 32.2. The normalized spacial score (nSPS) is 23.9. The SMILES string of the molecule is Cn1cc(S(=O)(=O)NCC2(C)CCCS2)cc1CN. The number of aryl methyl sites for hydroxylation is 1. The van der Waals surface area contributed by atoms with E-state index in [1.165, 1.54) is 0 Å². The summed E-state index contributed by atoms with van der Waals surface area (Å²) in [6, 6.07) is 1.63. The van der Waals surface area contributed by atoms with E-state index in [4.69, 9.17) is 5.73 Å². The largest absolute Gasteiger partial charge is 0.352 e. The van der Waals surface area contributed by atoms with Crippen molar-refractivity contribution < 1.29 is 8.42 Å². The molecule has 1 unspecified atom stereocenters. The van der Waals surface area contributed by atoms with Crippen LogP contribution in [0.2, 0.25) is 0 Å². The minimum absolute atomic E-state index is 0.0263. The highest BCUT2D eigenvalue weighted by Gasteiger charge is 2.31. The molecule has 0 spiro atoms. The van der Waals surface area contributed by atoms with E-state index in [1.54, 1.807) is 23.9 Å². The van der Waals surface area contributed by atoms with Crippen LogP contribution >= 0.6 is 11.8 Å². The fourth-order valence-electron chi connectivity index (χ4n) is 2.23. The standard InChI is InChI=1S/C12H21N3O2S2/c1-12(4-3-5-18-12)9-14-19(16,17)11-6-10(7-13)15(2)8-11/h6,8,14H,3-5,7,9,13H2,1-2H3. The Morgan fingerprint density at radius 1 is 1.58 bits per heavy atom. The van der Waals surface area contributed by atoms with Gasteiger partial charge in [-0.25, -0.2) is 13.1 Å². The molecule has 0 saturated carbocycles. The lowest BCUT2D eigenvalue weighted by atomic mass is 10.1. The Morgan fingerprint density at radius 2 is 2.32 bits per heavy atom. The predicted octanol–water partition coefficient (Wildman–Crippen LogP) is 1.05. The summed E-state index contributed by atoms with van der Waals surface area (Å²) >= 11 is 1.84. The van der Waals surface area contributed by atoms with E-state index in [-0.39, 0.29) is 4.75 Å². The maximum Gasteiger partial charge on any atom is 0.242 e. The average Bonchev–Trinajstić information content (AvgIpc) is 2.94. The van der Waals surface area contributed by atoms with E-state index in [0.29, 0.717) is 18.0 Å². The van der Waals surface area contributed by atoms with Crippen molar-refractivity contribution in [3.63, 3.8) is 0 Å². The Morgan fingerprint density at radius 3 is 2.84 bits per heavy atom. The summed E-state index contributed by atoms with van der Waals surface area (Å²) in [6.45, 7) is 2.93. The zero-order chi connectivity index (χ0) is 14.1. The number of hydrogen-bond donors (Lipinski definition) is 2. The molecule has 5 nitrogen and oxygen atoms in total. The fourth-order valence-corrected chi connectivity index (χ4v) is 4.83. The van der Waals surface area contributed by atoms with Gasteiger partial charge in [-0.3, -0.25) is 0 Å². The Hall–Kier alpha value is -0.500. The number of thioether (sulfide) groups is 1. The summed E-state index contributed by atoms with van der Waals surface area (Å²) in [5, 5.41) is 0. The van der Waals surface area contributed by atoms with Crippen molar-refractivity contribution in [2.24, 2.45) is 12.8 Å². The Balaban J connectivity index is 2.09. The van der Waals surface area contributed by atoms with Gasteiger partial charge < -0.3 is 10.3 Å². The molecule has 3 N–H and O–H groups in total. The molecule has 0 aromatic carbocycles. The Bertz CT molecular complexity index is 545. The van der Waals surface area contributed by atoms with Crippen molar-refractivity contribution in [2.75, 3.05) is 12.3 Å². The molecule has 0 aliphatic carbocycles. The third-order valence-electron chi connectivity index (χ3n) is 3.54. The van der Waals surface area contributed by atoms with Crippen LogP contribution < -0.4 is 10.5 Å². The summed E-state index contributed by atoms with van der Waals surface area (Å²) < 4.78 is 29.0. The molecule has 108 valence electrons. The van der Waals surface area contributed by atoms with Gasteiger partial charge in [0.05, 0.1) is 4.90 Å². The quantitative estimate of drug-likeness (QED) is 0.852. The first kappa shape index (κ1) is 14.9. The molecule has 0 amide bonds. The van der Waals surface area contributed by atoms with Gasteiger partial charge in [0.1, 0.15) is 0 Å². The topological polar surface area (TPSA) is 77.1 Å². The minimum Gasteiger partial charge on any atom is -0.352 e. The predicted molar refractivity (Wildman–Crippen MR) is 78.6 cm³/mol. The molecule has 0 radical (unpaired) electrons. The van der Waals surface area contributed by atoms with E-state index >= 15 is 0 Å². The van der Waals surface area contributed by atoms with Crippen LogP contribution in [0.4, 0.5) is 0 Å². The maximum absolute atomic E-state index is 12.2. The lowest BCUT2D eigenvalue weighted by Gasteiger charge is -2.22. The third kappa shape index (κ3) is 3.34. The molecule has 19 heavy (non-hydrogen) atoms. The van der Waals surface area contributed by atoms with E-state index in [0.717, 1.165) is 24.3 Å². The zero-order valence-electron chi connectivity index (χ0n) is 11.3. The Labute approximate surface area is 119 Å². The van der Waals surface area contributed by atoms with E-state index in [2.05, 4.69) is 11.6 Å². The van der Waals surface area contributed by atoms with Gasteiger partial charge in [0, 0.05) is 36.8 Å². The van der Waals surface area contributed by atoms with Gasteiger partial charge in [0.15, 0.2) is 0 Å². The lowest BCUT2D eigenvalue weighted by Crippen LogP contribution is -2.36. The van der Waals surface area contributed by atoms with Crippen molar-refractivity contribution >= 4 is 21.8 Å². The van der Waals surface area contributed by atoms with Gasteiger partial charge in [-0.15, -0.1) is 0 Å². The van der Waals surface area contributed by atoms with Crippen molar-refractivity contribution in [1.82, 2.24) is 9.29 Å². The molecule has 1 aromatic rings. The van der Waals surface area contributed by atoms with Gasteiger partial charge in [-0.2, -0.15) is 11.8 Å². The average molecular weight is 303 g/mol. The molecule has 1 saturated heterocycles. The summed E-state index contributed by atoms with van der Waals surface area (Å²) in [4.78, 5) is 0.294. The second kappa shape index (κ2) is 5.47. The molecule has 7 heteroatoms. The number of nitrogens with zero attached hydrogens (tertiary/aromatic N) is 1. The third-order valence-corrected chi connectivity index (χ3v) is 6.45. The highest BCUT2D eigenvalue weighted by Crippen LogP contribution is 2.37. The molecule has 1 aliphatic rings. The monoisotopic (exact) mass is 303 g/mol. The van der Waals surface area contributed by atoms with E-state index in [1.807, 2.05) is 11.8 Å². The van der Waals surface area contributed by atoms with Gasteiger partial charge in [-0.1, -0.05) is 0 Å². The first-order chi connectivity index (χ1) is 8.86. The van der Waals surface area contributed by atoms with Crippen LogP contribution in [-0.4, -0.2) is 30.0 Å². The van der Waals surface area contributed by atoms with Crippen LogP contribution in [0.25, 0.3) is 0 Å². The van der Waals surface area contributed by atoms with Crippen molar-refractivity contribution in [3.05, 3.63) is 18.0 Å². The maximum atomic E-state index is 12.2. The fraction of sp³-hybridized carbons (Fsp3) is 0.667. The van der Waals surface area contributed by atoms with Crippen LogP contribution in [0.15, 0.2) is 17.2 Å². The number of sulfonamides is 1. The highest BCUT2D eigenvalue weighted by molar-refractivity contribution is 8.01. The number of aromatic nitrogens is 1. The summed E-state index contributed by atoms with van der Waals surface area (Å²) in [5.41, 5.74) is 6.37. The molecule has 2 heterocycles. The van der Waals surface area contributed by atoms with Crippen molar-refractivity contribution in [3.8, 4) is 0 Å². The second-order valence-corrected chi connectivity index (χ2v) is 8.66. The first-order valence-electron chi connectivity index (χ1n) is 6.35. The first-order valence-corrected chi connectivity index (χ1v) is 8.82. The van der Waals surface area contributed by atoms with Crippen molar-refractivity contribution in [2.45, 2.75) is 36.0 Å². The van der Waals surface area contributed by atoms with E-state index < -0.39 is 10.0 Å². The molecule has 1 aliphatic heterocycles. The van der Waals surface area contributed by atoms with Gasteiger partial charge in [-0.05, 0) is 31.6 Å². The van der Waals surface area contributed by atoms with Gasteiger partial charge in [0.25, 0.3) is 0 Å². The molecule has 1 atom stereocenters. The smallest absolute Gasteiger partial charge is 0.242 e. The second-order valence-electron chi connectivity index (χ2n) is 5.21. The summed E-state index contributed by atoms with van der Waals surface area (Å²) in [7, 11) is -1.64. The van der Waals surface area contributed by atoms with Gasteiger partial charge >= 0.3 is 0 Å². The summed E-state index contributed by atoms with van der Waals surface area (Å²) in [6.07, 6.45) is 3.82. The lowest BCUT2D eigenvalue weighted by molar-refractivity contribution is 0.552. The number of nitrogens with two attached hydrogens (primary N) is 1. The molecular weight excluding hydrogens is 282 g/mol. The number of rotatable bonds is 5. The van der Waals surface area contributed by atoms with Crippen LogP contribution in [-0.2, 0) is 23.6 Å².